The second-order valence-corrected chi connectivity index (χ2v) is 5.72. The SMILES string of the molecule is CC1=CCC[C@@](C)(CC(=O)c2cc(O)c(O)cc2O)OC1=O. The molecule has 22 heavy (non-hydrogen) atoms. The second kappa shape index (κ2) is 5.71. The summed E-state index contributed by atoms with van der Waals surface area (Å²) in [6.07, 6.45) is 2.72. The van der Waals surface area contributed by atoms with Crippen molar-refractivity contribution in [1.29, 1.82) is 0 Å². The number of benzene rings is 1. The Morgan fingerprint density at radius 3 is 2.55 bits per heavy atom. The Labute approximate surface area is 127 Å². The monoisotopic (exact) mass is 306 g/mol. The standard InChI is InChI=1S/C16H18O6/c1-9-4-3-5-16(2,22-15(9)21)8-14(20)10-6-12(18)13(19)7-11(10)17/h4,6-7,17-19H,3,5,8H2,1-2H3/t16-/m0/s1. The molecule has 0 saturated heterocycles. The fraction of sp³-hybridized carbons (Fsp3) is 0.375. The summed E-state index contributed by atoms with van der Waals surface area (Å²) in [4.78, 5) is 24.1. The highest BCUT2D eigenvalue weighted by Crippen LogP contribution is 2.35. The van der Waals surface area contributed by atoms with Crippen molar-refractivity contribution in [1.82, 2.24) is 0 Å². The normalized spacial score (nSPS) is 21.7. The van der Waals surface area contributed by atoms with E-state index in [4.69, 9.17) is 4.74 Å². The Kier molecular flexibility index (Phi) is 4.12. The maximum atomic E-state index is 12.3. The smallest absolute Gasteiger partial charge is 0.333 e. The summed E-state index contributed by atoms with van der Waals surface area (Å²) in [7, 11) is 0. The number of ether oxygens (including phenoxy) is 1. The number of allylic oxidation sites excluding steroid dienone is 1. The number of esters is 1. The van der Waals surface area contributed by atoms with Gasteiger partial charge in [0.2, 0.25) is 0 Å². The molecule has 0 spiro atoms. The summed E-state index contributed by atoms with van der Waals surface area (Å²) in [5, 5.41) is 28.5. The van der Waals surface area contributed by atoms with Crippen LogP contribution in [0.2, 0.25) is 0 Å². The first-order valence-electron chi connectivity index (χ1n) is 6.90. The number of phenolic OH excluding ortho intramolecular Hbond substituents is 3. The van der Waals surface area contributed by atoms with Gasteiger partial charge in [0, 0.05) is 11.6 Å². The zero-order valence-electron chi connectivity index (χ0n) is 12.4. The van der Waals surface area contributed by atoms with Crippen LogP contribution in [0.1, 0.15) is 43.5 Å². The fourth-order valence-electron chi connectivity index (χ4n) is 2.38. The van der Waals surface area contributed by atoms with Crippen molar-refractivity contribution < 1.29 is 29.6 Å². The zero-order valence-corrected chi connectivity index (χ0v) is 12.4. The van der Waals surface area contributed by atoms with Gasteiger partial charge < -0.3 is 20.1 Å². The lowest BCUT2D eigenvalue weighted by atomic mass is 9.91. The number of Topliss-reactive ketones (excluding diaryl/α,β-unsaturated/α-hetero) is 1. The van der Waals surface area contributed by atoms with Crippen LogP contribution in [0, 0.1) is 0 Å². The van der Waals surface area contributed by atoms with Gasteiger partial charge in [0.05, 0.1) is 12.0 Å². The van der Waals surface area contributed by atoms with Crippen molar-refractivity contribution in [3.8, 4) is 17.2 Å². The van der Waals surface area contributed by atoms with E-state index in [2.05, 4.69) is 0 Å². The van der Waals surface area contributed by atoms with E-state index < -0.39 is 34.6 Å². The van der Waals surface area contributed by atoms with Gasteiger partial charge in [-0.05, 0) is 32.8 Å². The van der Waals surface area contributed by atoms with Gasteiger partial charge in [-0.2, -0.15) is 0 Å². The minimum atomic E-state index is -0.984. The van der Waals surface area contributed by atoms with Crippen LogP contribution in [0.3, 0.4) is 0 Å². The lowest BCUT2D eigenvalue weighted by molar-refractivity contribution is -0.152. The van der Waals surface area contributed by atoms with Crippen molar-refractivity contribution in [2.75, 3.05) is 0 Å². The van der Waals surface area contributed by atoms with E-state index in [-0.39, 0.29) is 12.0 Å². The fourth-order valence-corrected chi connectivity index (χ4v) is 2.38. The van der Waals surface area contributed by atoms with Gasteiger partial charge in [-0.15, -0.1) is 0 Å². The van der Waals surface area contributed by atoms with Crippen LogP contribution >= 0.6 is 0 Å². The number of hydrogen-bond acceptors (Lipinski definition) is 6. The molecule has 6 nitrogen and oxygen atoms in total. The topological polar surface area (TPSA) is 104 Å². The molecule has 118 valence electrons. The molecule has 1 aliphatic rings. The van der Waals surface area contributed by atoms with E-state index in [1.54, 1.807) is 19.9 Å². The molecule has 6 heteroatoms. The molecule has 0 aliphatic carbocycles. The van der Waals surface area contributed by atoms with Crippen LogP contribution in [-0.2, 0) is 9.53 Å². The molecule has 0 bridgehead atoms. The van der Waals surface area contributed by atoms with Crippen molar-refractivity contribution in [2.24, 2.45) is 0 Å². The molecule has 0 aromatic heterocycles. The van der Waals surface area contributed by atoms with Crippen molar-refractivity contribution >= 4 is 11.8 Å². The molecule has 1 aliphatic heterocycles. The first-order chi connectivity index (χ1) is 10.2. The highest BCUT2D eigenvalue weighted by Gasteiger charge is 2.34. The van der Waals surface area contributed by atoms with Crippen LogP contribution in [0.5, 0.6) is 17.2 Å². The molecule has 0 fully saturated rings. The Hall–Kier alpha value is -2.50. The molecule has 0 amide bonds. The Morgan fingerprint density at radius 1 is 1.23 bits per heavy atom. The number of hydrogen-bond donors (Lipinski definition) is 3. The third-order valence-corrected chi connectivity index (χ3v) is 3.71. The number of rotatable bonds is 3. The molecule has 3 N–H and O–H groups in total. The average Bonchev–Trinajstić information content (AvgIpc) is 2.53. The lowest BCUT2D eigenvalue weighted by Crippen LogP contribution is -2.33. The van der Waals surface area contributed by atoms with E-state index in [9.17, 15) is 24.9 Å². The molecule has 0 unspecified atom stereocenters. The Morgan fingerprint density at radius 2 is 1.86 bits per heavy atom. The molecule has 1 heterocycles. The first kappa shape index (κ1) is 15.9. The number of cyclic esters (lactones) is 1. The Bertz CT molecular complexity index is 661. The predicted octanol–water partition coefficient (Wildman–Crippen LogP) is 2.42. The summed E-state index contributed by atoms with van der Waals surface area (Å²) in [6, 6.07) is 1.90. The molecule has 1 aromatic carbocycles. The third kappa shape index (κ3) is 3.21. The van der Waals surface area contributed by atoms with Crippen molar-refractivity contribution in [2.45, 2.75) is 38.7 Å². The maximum absolute atomic E-state index is 12.3. The minimum Gasteiger partial charge on any atom is -0.507 e. The molecule has 0 radical (unpaired) electrons. The third-order valence-electron chi connectivity index (χ3n) is 3.71. The quantitative estimate of drug-likeness (QED) is 0.343. The molecule has 1 atom stereocenters. The van der Waals surface area contributed by atoms with Gasteiger partial charge in [-0.3, -0.25) is 4.79 Å². The first-order valence-corrected chi connectivity index (χ1v) is 6.90. The van der Waals surface area contributed by atoms with Crippen LogP contribution in [-0.4, -0.2) is 32.7 Å². The highest BCUT2D eigenvalue weighted by molar-refractivity contribution is 6.00. The minimum absolute atomic E-state index is 0.124. The molecule has 0 saturated carbocycles. The summed E-state index contributed by atoms with van der Waals surface area (Å²) < 4.78 is 5.38. The number of phenols is 3. The van der Waals surface area contributed by atoms with E-state index in [1.165, 1.54) is 0 Å². The summed E-state index contributed by atoms with van der Waals surface area (Å²) in [6.45, 7) is 3.31. The highest BCUT2D eigenvalue weighted by atomic mass is 16.6. The zero-order chi connectivity index (χ0) is 16.5. The molecular formula is C16H18O6. The van der Waals surface area contributed by atoms with Crippen molar-refractivity contribution in [3.63, 3.8) is 0 Å². The summed E-state index contributed by atoms with van der Waals surface area (Å²) in [5.41, 5.74) is -0.606. The largest absolute Gasteiger partial charge is 0.507 e. The van der Waals surface area contributed by atoms with Gasteiger partial charge in [0.15, 0.2) is 17.3 Å². The van der Waals surface area contributed by atoms with Crippen LogP contribution in [0.15, 0.2) is 23.8 Å². The van der Waals surface area contributed by atoms with Gasteiger partial charge >= 0.3 is 5.97 Å². The second-order valence-electron chi connectivity index (χ2n) is 5.72. The molecule has 2 rings (SSSR count). The van der Waals surface area contributed by atoms with Crippen molar-refractivity contribution in [3.05, 3.63) is 29.3 Å². The average molecular weight is 306 g/mol. The number of carbonyl (C=O) groups is 2. The number of ketones is 1. The lowest BCUT2D eigenvalue weighted by Gasteiger charge is -2.27. The van der Waals surface area contributed by atoms with Crippen LogP contribution in [0.25, 0.3) is 0 Å². The van der Waals surface area contributed by atoms with Gasteiger partial charge in [-0.25, -0.2) is 4.79 Å². The maximum Gasteiger partial charge on any atom is 0.333 e. The number of carbonyl (C=O) groups excluding carboxylic acids is 2. The van der Waals surface area contributed by atoms with Crippen LogP contribution in [0.4, 0.5) is 0 Å². The van der Waals surface area contributed by atoms with E-state index in [1.807, 2.05) is 0 Å². The predicted molar refractivity (Wildman–Crippen MR) is 77.9 cm³/mol. The Balaban J connectivity index is 2.21. The van der Waals surface area contributed by atoms with Gasteiger partial charge in [0.25, 0.3) is 0 Å². The van der Waals surface area contributed by atoms with Gasteiger partial charge in [0.1, 0.15) is 11.4 Å². The molecule has 1 aromatic rings. The van der Waals surface area contributed by atoms with E-state index in [0.29, 0.717) is 18.4 Å². The van der Waals surface area contributed by atoms with Crippen LogP contribution < -0.4 is 0 Å². The number of aromatic hydroxyl groups is 3. The summed E-state index contributed by atoms with van der Waals surface area (Å²) >= 11 is 0. The van der Waals surface area contributed by atoms with Gasteiger partial charge in [-0.1, -0.05) is 6.08 Å². The van der Waals surface area contributed by atoms with E-state index in [0.717, 1.165) is 12.1 Å². The molecular weight excluding hydrogens is 288 g/mol. The van der Waals surface area contributed by atoms with E-state index >= 15 is 0 Å². The summed E-state index contributed by atoms with van der Waals surface area (Å²) in [5.74, 6) is -2.39.